The largest absolute Gasteiger partial charge is 0.301 e. The smallest absolute Gasteiger partial charge is 0.0843 e. The lowest BCUT2D eigenvalue weighted by atomic mass is 9.76. The number of nitrogens with zero attached hydrogens (tertiary/aromatic N) is 4. The molecule has 1 rings (SSSR count). The zero-order valence-corrected chi connectivity index (χ0v) is 15.8. The number of nitroso groups, excluding NO2 is 1. The average molecular weight is 382 g/mol. The first-order valence-electron chi connectivity index (χ1n) is 8.23. The van der Waals surface area contributed by atoms with E-state index >= 15 is 0 Å². The molecule has 0 aromatic carbocycles. The Labute approximate surface area is 152 Å². The number of hydroxylamine groups is 2. The normalized spacial score (nSPS) is 29.1. The maximum Gasteiger partial charge on any atom is 0.0843 e. The number of rotatable bonds is 9. The van der Waals surface area contributed by atoms with Crippen LogP contribution in [0.5, 0.6) is 0 Å². The summed E-state index contributed by atoms with van der Waals surface area (Å²) in [6.45, 7) is 7.41. The van der Waals surface area contributed by atoms with Crippen LogP contribution in [-0.2, 0) is 14.5 Å². The van der Waals surface area contributed by atoms with E-state index in [-0.39, 0.29) is 48.3 Å². The van der Waals surface area contributed by atoms with Gasteiger partial charge in [-0.2, -0.15) is 9.97 Å². The standard InChI is InChI=1S/C14H30N4O8/c1-13(2)11(8-25-17(20)21)6-10(7-15-19)12(9-26-18(22)23)14(3,4)16(13)24-5/h10-12,20-23H,6-9H2,1-5H3. The van der Waals surface area contributed by atoms with E-state index in [9.17, 15) is 4.91 Å². The fourth-order valence-electron chi connectivity index (χ4n) is 4.14. The Bertz CT molecular complexity index is 449. The molecule has 12 nitrogen and oxygen atoms in total. The van der Waals surface area contributed by atoms with Crippen molar-refractivity contribution in [1.29, 1.82) is 0 Å². The van der Waals surface area contributed by atoms with Gasteiger partial charge in [-0.05, 0) is 40.0 Å². The second-order valence-corrected chi connectivity index (χ2v) is 7.49. The molecular formula is C14H30N4O8. The van der Waals surface area contributed by atoms with Crippen LogP contribution in [0.4, 0.5) is 0 Å². The predicted molar refractivity (Wildman–Crippen MR) is 85.5 cm³/mol. The molecule has 26 heavy (non-hydrogen) atoms. The molecule has 1 aliphatic heterocycles. The first kappa shape index (κ1) is 23.2. The fourth-order valence-corrected chi connectivity index (χ4v) is 4.14. The molecule has 0 bridgehead atoms. The van der Waals surface area contributed by atoms with Gasteiger partial charge in [0.05, 0.1) is 37.6 Å². The highest BCUT2D eigenvalue weighted by Crippen LogP contribution is 2.46. The highest BCUT2D eigenvalue weighted by molar-refractivity contribution is 5.02. The van der Waals surface area contributed by atoms with E-state index in [1.54, 1.807) is 5.06 Å². The van der Waals surface area contributed by atoms with Gasteiger partial charge in [0.2, 0.25) is 0 Å². The summed E-state index contributed by atoms with van der Waals surface area (Å²) < 4.78 is 0. The van der Waals surface area contributed by atoms with Crippen LogP contribution in [0, 0.1) is 22.7 Å². The molecule has 0 saturated carbocycles. The number of hydrogen-bond donors (Lipinski definition) is 4. The van der Waals surface area contributed by atoms with E-state index in [4.69, 9.17) is 35.3 Å². The van der Waals surface area contributed by atoms with E-state index in [1.165, 1.54) is 7.11 Å². The summed E-state index contributed by atoms with van der Waals surface area (Å²) in [6.07, 6.45) is 0.431. The molecule has 1 saturated heterocycles. The molecule has 1 aliphatic rings. The van der Waals surface area contributed by atoms with Crippen LogP contribution in [0.3, 0.4) is 0 Å². The van der Waals surface area contributed by atoms with Gasteiger partial charge in [-0.3, -0.25) is 30.5 Å². The summed E-state index contributed by atoms with van der Waals surface area (Å²) in [7, 11) is 1.51. The van der Waals surface area contributed by atoms with Crippen molar-refractivity contribution in [2.75, 3.05) is 26.9 Å². The third kappa shape index (κ3) is 5.36. The van der Waals surface area contributed by atoms with Gasteiger partial charge in [0.25, 0.3) is 0 Å². The molecule has 4 N–H and O–H groups in total. The Hall–Kier alpha value is -0.800. The maximum absolute atomic E-state index is 11.0. The minimum atomic E-state index is -0.698. The van der Waals surface area contributed by atoms with Gasteiger partial charge < -0.3 is 4.84 Å². The third-order valence-electron chi connectivity index (χ3n) is 5.36. The molecule has 0 aromatic heterocycles. The van der Waals surface area contributed by atoms with E-state index < -0.39 is 11.1 Å². The van der Waals surface area contributed by atoms with Crippen LogP contribution >= 0.6 is 0 Å². The molecule has 0 radical (unpaired) electrons. The van der Waals surface area contributed by atoms with Crippen LogP contribution in [0.25, 0.3) is 0 Å². The van der Waals surface area contributed by atoms with E-state index in [0.717, 1.165) is 0 Å². The van der Waals surface area contributed by atoms with Crippen molar-refractivity contribution in [2.45, 2.75) is 45.2 Å². The molecule has 12 heteroatoms. The molecule has 0 aliphatic carbocycles. The summed E-state index contributed by atoms with van der Waals surface area (Å²) in [5.74, 6) is -0.952. The molecular weight excluding hydrogens is 352 g/mol. The molecule has 0 spiro atoms. The first-order valence-corrected chi connectivity index (χ1v) is 8.23. The van der Waals surface area contributed by atoms with E-state index in [2.05, 4.69) is 5.18 Å². The topological polar surface area (TPSA) is 148 Å². The second-order valence-electron chi connectivity index (χ2n) is 7.49. The van der Waals surface area contributed by atoms with Gasteiger partial charge in [-0.15, -0.1) is 0 Å². The monoisotopic (exact) mass is 382 g/mol. The van der Waals surface area contributed by atoms with Gasteiger partial charge in [0.15, 0.2) is 0 Å². The van der Waals surface area contributed by atoms with E-state index in [1.807, 2.05) is 27.7 Å². The highest BCUT2D eigenvalue weighted by atomic mass is 17.1. The quantitative estimate of drug-likeness (QED) is 0.339. The zero-order chi connectivity index (χ0) is 20.1. The Balaban J connectivity index is 3.28. The lowest BCUT2D eigenvalue weighted by Crippen LogP contribution is -2.60. The molecule has 0 amide bonds. The van der Waals surface area contributed by atoms with Crippen LogP contribution in [-0.4, -0.2) is 74.6 Å². The van der Waals surface area contributed by atoms with Crippen molar-refractivity contribution in [2.24, 2.45) is 22.9 Å². The SMILES string of the molecule is CON1C(C)(C)C(CON(O)O)CC(CN=O)C(CON(O)O)C1(C)C. The fraction of sp³-hybridized carbons (Fsp3) is 1.00. The minimum absolute atomic E-state index is 0.0274. The van der Waals surface area contributed by atoms with Gasteiger partial charge in [-0.25, -0.2) is 0 Å². The number of hydrogen-bond acceptors (Lipinski definition) is 12. The van der Waals surface area contributed by atoms with Gasteiger partial charge >= 0.3 is 0 Å². The van der Waals surface area contributed by atoms with Gasteiger partial charge in [0, 0.05) is 22.9 Å². The summed E-state index contributed by atoms with van der Waals surface area (Å²) in [4.78, 5) is 26.3. The van der Waals surface area contributed by atoms with Crippen molar-refractivity contribution in [1.82, 2.24) is 15.8 Å². The molecule has 1 heterocycles. The van der Waals surface area contributed by atoms with Crippen molar-refractivity contribution in [3.8, 4) is 0 Å². The Kier molecular flexibility index (Phi) is 8.41. The van der Waals surface area contributed by atoms with Gasteiger partial charge in [-0.1, -0.05) is 5.18 Å². The van der Waals surface area contributed by atoms with Crippen molar-refractivity contribution >= 4 is 0 Å². The minimum Gasteiger partial charge on any atom is -0.301 e. The highest BCUT2D eigenvalue weighted by Gasteiger charge is 2.53. The molecule has 1 fully saturated rings. The molecule has 0 aromatic rings. The first-order chi connectivity index (χ1) is 12.0. The average Bonchev–Trinajstić information content (AvgIpc) is 2.55. The lowest BCUT2D eigenvalue weighted by molar-refractivity contribution is -0.496. The van der Waals surface area contributed by atoms with Crippen molar-refractivity contribution in [3.05, 3.63) is 4.91 Å². The van der Waals surface area contributed by atoms with Crippen LogP contribution in [0.15, 0.2) is 5.18 Å². The van der Waals surface area contributed by atoms with Crippen molar-refractivity contribution in [3.63, 3.8) is 0 Å². The second kappa shape index (κ2) is 9.41. The zero-order valence-electron chi connectivity index (χ0n) is 15.8. The predicted octanol–water partition coefficient (Wildman–Crippen LogP) is 1.45. The summed E-state index contributed by atoms with van der Waals surface area (Å²) in [6, 6.07) is 0. The molecule has 3 unspecified atom stereocenters. The van der Waals surface area contributed by atoms with Crippen LogP contribution in [0.1, 0.15) is 34.1 Å². The maximum atomic E-state index is 11.0. The molecule has 154 valence electrons. The van der Waals surface area contributed by atoms with Crippen molar-refractivity contribution < 1.29 is 35.3 Å². The van der Waals surface area contributed by atoms with Crippen LogP contribution in [0.2, 0.25) is 0 Å². The Morgan fingerprint density at radius 2 is 1.58 bits per heavy atom. The third-order valence-corrected chi connectivity index (χ3v) is 5.36. The Morgan fingerprint density at radius 1 is 1.04 bits per heavy atom. The Morgan fingerprint density at radius 3 is 2.04 bits per heavy atom. The van der Waals surface area contributed by atoms with Gasteiger partial charge in [0.1, 0.15) is 0 Å². The summed E-state index contributed by atoms with van der Waals surface area (Å²) in [5, 5.41) is 39.6. The van der Waals surface area contributed by atoms with E-state index in [0.29, 0.717) is 6.42 Å². The summed E-state index contributed by atoms with van der Waals surface area (Å²) in [5.41, 5.74) is -1.33. The van der Waals surface area contributed by atoms with Crippen LogP contribution < -0.4 is 0 Å². The molecule has 3 atom stereocenters. The lowest BCUT2D eigenvalue weighted by Gasteiger charge is -2.50. The summed E-state index contributed by atoms with van der Waals surface area (Å²) >= 11 is 0.